The highest BCUT2D eigenvalue weighted by Crippen LogP contribution is 2.44. The quantitative estimate of drug-likeness (QED) is 0.139. The van der Waals surface area contributed by atoms with Gasteiger partial charge in [-0.15, -0.1) is 11.6 Å². The smallest absolute Gasteiger partial charge is 0.347 e. The van der Waals surface area contributed by atoms with Gasteiger partial charge in [-0.3, -0.25) is 57.5 Å². The lowest BCUT2D eigenvalue weighted by atomic mass is 9.78. The number of nitrogens with zero attached hydrogens (tertiary/aromatic N) is 9. The predicted octanol–water partition coefficient (Wildman–Crippen LogP) is 6.32. The number of hydrogen-bond donors (Lipinski definition) is 4. The summed E-state index contributed by atoms with van der Waals surface area (Å²) in [5.41, 5.74) is -1.59. The minimum Gasteiger partial charge on any atom is -0.347 e. The molecule has 0 aromatic heterocycles. The van der Waals surface area contributed by atoms with E-state index in [1.54, 1.807) is 6.92 Å². The Labute approximate surface area is 626 Å². The Kier molecular flexibility index (Phi) is 31.2. The topological polar surface area (TPSA) is 282 Å². The van der Waals surface area contributed by atoms with Crippen LogP contribution in [-0.4, -0.2) is 276 Å². The van der Waals surface area contributed by atoms with Crippen LogP contribution >= 0.6 is 11.6 Å². The van der Waals surface area contributed by atoms with Crippen LogP contribution in [-0.2, 0) is 57.5 Å². The number of fused-ring (bicyclic) bond motifs is 1. The first-order valence-electron chi connectivity index (χ1n) is 39.1. The van der Waals surface area contributed by atoms with Gasteiger partial charge in [0.15, 0.2) is 0 Å². The van der Waals surface area contributed by atoms with Crippen LogP contribution < -0.4 is 21.3 Å². The molecule has 7 aliphatic rings. The summed E-state index contributed by atoms with van der Waals surface area (Å²) in [7, 11) is 13.2. The Bertz CT molecular complexity index is 3050. The number of alkyl halides is 4. The molecule has 0 aromatic rings. The van der Waals surface area contributed by atoms with Gasteiger partial charge in [0.2, 0.25) is 70.9 Å². The van der Waals surface area contributed by atoms with Gasteiger partial charge in [-0.2, -0.15) is 13.2 Å². The fourth-order valence-corrected chi connectivity index (χ4v) is 18.0. The Morgan fingerprint density at radius 1 is 0.610 bits per heavy atom. The highest BCUT2D eigenvalue weighted by Gasteiger charge is 2.53. The van der Waals surface area contributed by atoms with Crippen molar-refractivity contribution in [2.45, 2.75) is 279 Å². The lowest BCUT2D eigenvalue weighted by Crippen LogP contribution is -2.65. The van der Waals surface area contributed by atoms with Crippen molar-refractivity contribution in [1.82, 2.24) is 65.4 Å². The number of likely N-dealkylation sites (N-methyl/N-ethyl adjacent to an activating group) is 8. The van der Waals surface area contributed by atoms with Gasteiger partial charge < -0.3 is 65.4 Å². The molecule has 13 atom stereocenters. The maximum atomic E-state index is 15.9. The van der Waals surface area contributed by atoms with Crippen LogP contribution in [0.5, 0.6) is 0 Å². The molecule has 7 fully saturated rings. The fourth-order valence-electron chi connectivity index (χ4n) is 17.5. The van der Waals surface area contributed by atoms with Gasteiger partial charge in [0.25, 0.3) is 0 Å². The van der Waals surface area contributed by atoms with Crippen LogP contribution in [0.15, 0.2) is 0 Å². The van der Waals surface area contributed by atoms with Gasteiger partial charge in [-0.1, -0.05) is 91.9 Å². The number of halogens is 4. The summed E-state index contributed by atoms with van der Waals surface area (Å²) >= 11 is 6.47. The van der Waals surface area contributed by atoms with Crippen molar-refractivity contribution in [3.05, 3.63) is 0 Å². The first kappa shape index (κ1) is 85.9. The molecule has 3 unspecified atom stereocenters. The molecule has 3 saturated heterocycles. The Morgan fingerprint density at radius 2 is 1.22 bits per heavy atom. The standard InChI is InChI=1S/C76H125ClF3N13O12/c1-15-47(4)63-72(103)87(9)48(5)67(98)93-40-35-57(93)71(102)90(12)59(43-50-23-17-16-18-24-50)70(101)86(8)45-61(94)82-55(31-28-51-27-30-53(54(77)42-51)76(78,79)80)68(99)89(11)56(32-29-49-33-38-81-39-34-49)66(97)84-75(36-21-22-37-75)74(105)92(14)64(52-25-19-20-26-52)73(104)91(13)60(69(100)85(6)7)44-62(95)88(10)58(41-46(2)3)65(96)83-63/h46-60,63-64,81H,15-45H2,1-14H3,(H,82,94)(H,83,96)(H,84,97)/t47-,48-,51?,53?,54?,55-,56-,57-,58-,59-,60-,63-,64-/m0/s1. The molecule has 25 nitrogen and oxygen atoms in total. The number of nitrogens with one attached hydrogen (secondary N) is 4. The van der Waals surface area contributed by atoms with Gasteiger partial charge in [0, 0.05) is 75.4 Å². The number of hydrogen-bond acceptors (Lipinski definition) is 13. The Balaban J connectivity index is 1.31. The van der Waals surface area contributed by atoms with Gasteiger partial charge in [0.05, 0.1) is 18.9 Å². The third kappa shape index (κ3) is 21.3. The summed E-state index contributed by atoms with van der Waals surface area (Å²) in [5, 5.41) is 11.1. The maximum Gasteiger partial charge on any atom is 0.393 e. The monoisotopic (exact) mass is 1500 g/mol. The van der Waals surface area contributed by atoms with Gasteiger partial charge in [-0.25, -0.2) is 0 Å². The van der Waals surface area contributed by atoms with E-state index in [4.69, 9.17) is 11.6 Å². The van der Waals surface area contributed by atoms with E-state index in [2.05, 4.69) is 21.3 Å². The molecule has 0 aromatic carbocycles. The summed E-state index contributed by atoms with van der Waals surface area (Å²) in [6, 6.07) is -11.0. The van der Waals surface area contributed by atoms with Crippen LogP contribution in [0.2, 0.25) is 0 Å². The SMILES string of the molecule is CC[C@H](C)[C@@H]1NC(=O)[C@H](CC(C)C)N(C)C(=O)C[C@@H](C(=O)N(C)C)N(C)C(=O)[C@H](C2CCCC2)N(C)C(=O)C2(CCCC2)NC(=O)[C@H](CCC2CCNCC2)N(C)C(=O)[C@H](CCC2CCC(C(F)(F)F)C(Cl)C2)NC(=O)CN(C)C(=O)[C@H](CC2CCCCC2)N(C)C(=O)[C@@H]2CCN2C(=O)[C@H](C)N(C)C1=O. The Morgan fingerprint density at radius 3 is 1.79 bits per heavy atom. The van der Waals surface area contributed by atoms with Crippen molar-refractivity contribution in [3.8, 4) is 0 Å². The summed E-state index contributed by atoms with van der Waals surface area (Å²) in [6.45, 7) is 9.92. The van der Waals surface area contributed by atoms with Crippen LogP contribution in [0, 0.1) is 41.4 Å². The molecular formula is C76H125ClF3N13O12. The minimum absolute atomic E-state index is 0.00909. The number of piperidine rings is 1. The van der Waals surface area contributed by atoms with E-state index in [-0.39, 0.29) is 101 Å². The van der Waals surface area contributed by atoms with Gasteiger partial charge >= 0.3 is 6.18 Å². The molecule has 4 N–H and O–H groups in total. The Hall–Kier alpha value is -6.32. The lowest BCUT2D eigenvalue weighted by molar-refractivity contribution is -0.182. The van der Waals surface area contributed by atoms with Crippen molar-refractivity contribution in [2.75, 3.05) is 89.6 Å². The van der Waals surface area contributed by atoms with E-state index in [1.807, 2.05) is 20.8 Å². The fraction of sp³-hybridized carbons (Fsp3) is 0.842. The van der Waals surface area contributed by atoms with E-state index < -0.39 is 173 Å². The molecule has 4 aliphatic carbocycles. The highest BCUT2D eigenvalue weighted by atomic mass is 35.5. The number of amides is 12. The average molecular weight is 1510 g/mol. The zero-order chi connectivity index (χ0) is 77.7. The van der Waals surface area contributed by atoms with Gasteiger partial charge in [0.1, 0.15) is 59.9 Å². The third-order valence-electron chi connectivity index (χ3n) is 24.8. The molecule has 7 rings (SSSR count). The molecule has 29 heteroatoms. The maximum absolute atomic E-state index is 15.9. The van der Waals surface area contributed by atoms with Crippen LogP contribution in [0.1, 0.15) is 208 Å². The van der Waals surface area contributed by atoms with Crippen molar-refractivity contribution in [1.29, 1.82) is 0 Å². The molecule has 594 valence electrons. The molecule has 0 bridgehead atoms. The molecule has 3 heterocycles. The third-order valence-corrected chi connectivity index (χ3v) is 25.3. The molecule has 105 heavy (non-hydrogen) atoms. The molecular weight excluding hydrogens is 1380 g/mol. The number of rotatable bonds is 14. The first-order chi connectivity index (χ1) is 49.4. The zero-order valence-electron chi connectivity index (χ0n) is 65.2. The lowest BCUT2D eigenvalue weighted by Gasteiger charge is -2.45. The summed E-state index contributed by atoms with van der Waals surface area (Å²) < 4.78 is 42.4. The van der Waals surface area contributed by atoms with Crippen LogP contribution in [0.4, 0.5) is 13.2 Å². The highest BCUT2D eigenvalue weighted by molar-refractivity contribution is 6.21. The van der Waals surface area contributed by atoms with Crippen molar-refractivity contribution in [2.24, 2.45) is 41.4 Å². The summed E-state index contributed by atoms with van der Waals surface area (Å²) in [5.74, 6) is -10.5. The van der Waals surface area contributed by atoms with Crippen molar-refractivity contribution >= 4 is 82.5 Å². The first-order valence-corrected chi connectivity index (χ1v) is 39.6. The average Bonchev–Trinajstić information content (AvgIpc) is 1.70. The number of carbonyl (C=O) groups excluding carboxylic acids is 12. The van der Waals surface area contributed by atoms with E-state index in [9.17, 15) is 46.7 Å². The van der Waals surface area contributed by atoms with Crippen LogP contribution in [0.25, 0.3) is 0 Å². The van der Waals surface area contributed by atoms with E-state index >= 15 is 24.0 Å². The van der Waals surface area contributed by atoms with Crippen LogP contribution in [0.3, 0.4) is 0 Å². The minimum atomic E-state index is -4.52. The van der Waals surface area contributed by atoms with Crippen molar-refractivity contribution in [3.63, 3.8) is 0 Å². The normalized spacial score (nSPS) is 30.6. The zero-order valence-corrected chi connectivity index (χ0v) is 65.9. The van der Waals surface area contributed by atoms with E-state index in [0.717, 1.165) is 70.9 Å². The predicted molar refractivity (Wildman–Crippen MR) is 392 cm³/mol. The molecule has 1 spiro atoms. The molecule has 4 saturated carbocycles. The summed E-state index contributed by atoms with van der Waals surface area (Å²) in [4.78, 5) is 193. The second-order valence-corrected chi connectivity index (χ2v) is 33.3. The largest absolute Gasteiger partial charge is 0.393 e. The number of carbonyl (C=O) groups is 12. The van der Waals surface area contributed by atoms with E-state index in [0.29, 0.717) is 38.5 Å². The van der Waals surface area contributed by atoms with E-state index in [1.165, 1.54) is 114 Å². The van der Waals surface area contributed by atoms with Gasteiger partial charge in [-0.05, 0) is 158 Å². The second kappa shape index (κ2) is 38.2. The molecule has 12 amide bonds. The summed E-state index contributed by atoms with van der Waals surface area (Å²) in [6.07, 6.45) is 6.43. The van der Waals surface area contributed by atoms with Crippen molar-refractivity contribution < 1.29 is 70.7 Å². The molecule has 0 radical (unpaired) electrons. The molecule has 3 aliphatic heterocycles. The second-order valence-electron chi connectivity index (χ2n) is 32.7.